The first-order chi connectivity index (χ1) is 7.96. The summed E-state index contributed by atoms with van der Waals surface area (Å²) in [5, 5.41) is 0. The Morgan fingerprint density at radius 1 is 1.41 bits per heavy atom. The van der Waals surface area contributed by atoms with Crippen molar-refractivity contribution in [2.24, 2.45) is 5.73 Å². The number of nitrogens with two attached hydrogens (primary N) is 1. The molecule has 3 heteroatoms. The van der Waals surface area contributed by atoms with Crippen molar-refractivity contribution in [1.82, 2.24) is 0 Å². The van der Waals surface area contributed by atoms with E-state index >= 15 is 0 Å². The monoisotopic (exact) mass is 250 g/mol. The summed E-state index contributed by atoms with van der Waals surface area (Å²) in [6.07, 6.45) is 2.52. The first-order valence-corrected chi connectivity index (χ1v) is 7.20. The van der Waals surface area contributed by atoms with E-state index in [0.29, 0.717) is 0 Å². The third-order valence-electron chi connectivity index (χ3n) is 2.98. The van der Waals surface area contributed by atoms with Crippen molar-refractivity contribution in [1.29, 1.82) is 0 Å². The fourth-order valence-electron chi connectivity index (χ4n) is 2.29. The molecule has 0 spiro atoms. The van der Waals surface area contributed by atoms with E-state index in [2.05, 4.69) is 44.0 Å². The fraction of sp³-hybridized carbons (Fsp3) is 0.571. The number of benzene rings is 1. The van der Waals surface area contributed by atoms with E-state index in [4.69, 9.17) is 5.73 Å². The number of hydrogen-bond acceptors (Lipinski definition) is 3. The van der Waals surface area contributed by atoms with Crippen LogP contribution in [0.15, 0.2) is 23.1 Å². The van der Waals surface area contributed by atoms with Crippen LogP contribution >= 0.6 is 11.8 Å². The molecule has 0 radical (unpaired) electrons. The van der Waals surface area contributed by atoms with Crippen molar-refractivity contribution < 1.29 is 0 Å². The lowest BCUT2D eigenvalue weighted by molar-refractivity contribution is 0.519. The van der Waals surface area contributed by atoms with Crippen molar-refractivity contribution in [3.8, 4) is 0 Å². The Balaban J connectivity index is 2.16. The van der Waals surface area contributed by atoms with Crippen LogP contribution in [0, 0.1) is 0 Å². The van der Waals surface area contributed by atoms with E-state index in [1.165, 1.54) is 34.7 Å². The fourth-order valence-corrected chi connectivity index (χ4v) is 3.31. The van der Waals surface area contributed by atoms with Gasteiger partial charge in [-0.15, -0.1) is 11.8 Å². The van der Waals surface area contributed by atoms with E-state index in [9.17, 15) is 0 Å². The second-order valence-electron chi connectivity index (χ2n) is 5.59. The van der Waals surface area contributed by atoms with Crippen LogP contribution in [-0.4, -0.2) is 24.9 Å². The Bertz CT molecular complexity index is 396. The van der Waals surface area contributed by atoms with Gasteiger partial charge in [-0.3, -0.25) is 0 Å². The molecule has 1 heterocycles. The van der Waals surface area contributed by atoms with Crippen molar-refractivity contribution in [2.45, 2.75) is 37.1 Å². The van der Waals surface area contributed by atoms with Crippen LogP contribution in [0.1, 0.15) is 25.8 Å². The Kier molecular flexibility index (Phi) is 3.69. The summed E-state index contributed by atoms with van der Waals surface area (Å²) < 4.78 is 0. The van der Waals surface area contributed by atoms with Gasteiger partial charge in [-0.25, -0.2) is 0 Å². The summed E-state index contributed by atoms with van der Waals surface area (Å²) in [6, 6.07) is 6.80. The first-order valence-electron chi connectivity index (χ1n) is 6.21. The highest BCUT2D eigenvalue weighted by Crippen LogP contribution is 2.32. The average Bonchev–Trinajstić information content (AvgIpc) is 2.26. The molecule has 0 bridgehead atoms. The quantitative estimate of drug-likeness (QED) is 0.894. The number of thioether (sulfide) groups is 1. The first kappa shape index (κ1) is 12.8. The normalized spacial score (nSPS) is 15.5. The van der Waals surface area contributed by atoms with Gasteiger partial charge in [-0.05, 0) is 56.2 Å². The van der Waals surface area contributed by atoms with E-state index in [0.717, 1.165) is 6.54 Å². The summed E-state index contributed by atoms with van der Waals surface area (Å²) in [4.78, 5) is 3.71. The van der Waals surface area contributed by atoms with Gasteiger partial charge in [-0.2, -0.15) is 0 Å². The predicted octanol–water partition coefficient (Wildman–Crippen LogP) is 2.90. The van der Waals surface area contributed by atoms with Gasteiger partial charge >= 0.3 is 0 Å². The number of likely N-dealkylation sites (N-methyl/N-ethyl adjacent to an activating group) is 1. The molecule has 0 amide bonds. The van der Waals surface area contributed by atoms with Crippen molar-refractivity contribution in [3.63, 3.8) is 0 Å². The molecule has 17 heavy (non-hydrogen) atoms. The Hall–Kier alpha value is -0.670. The number of anilines is 1. The van der Waals surface area contributed by atoms with Crippen LogP contribution in [0.2, 0.25) is 0 Å². The highest BCUT2D eigenvalue weighted by Gasteiger charge is 2.16. The minimum atomic E-state index is -0.153. The minimum Gasteiger partial charge on any atom is -0.373 e. The molecule has 0 saturated heterocycles. The van der Waals surface area contributed by atoms with Gasteiger partial charge < -0.3 is 10.6 Å². The van der Waals surface area contributed by atoms with Gasteiger partial charge in [0.1, 0.15) is 0 Å². The minimum absolute atomic E-state index is 0.153. The SMILES string of the molecule is CN(CC(C)(C)N)c1ccc2c(c1)CCCS2. The molecule has 1 aliphatic heterocycles. The van der Waals surface area contributed by atoms with Crippen LogP contribution in [0.4, 0.5) is 5.69 Å². The van der Waals surface area contributed by atoms with Gasteiger partial charge in [0.25, 0.3) is 0 Å². The molecule has 94 valence electrons. The van der Waals surface area contributed by atoms with Crippen LogP contribution in [0.25, 0.3) is 0 Å². The number of fused-ring (bicyclic) bond motifs is 1. The molecule has 0 aliphatic carbocycles. The third kappa shape index (κ3) is 3.39. The number of aryl methyl sites for hydroxylation is 1. The van der Waals surface area contributed by atoms with E-state index < -0.39 is 0 Å². The predicted molar refractivity (Wildman–Crippen MR) is 77.0 cm³/mol. The summed E-state index contributed by atoms with van der Waals surface area (Å²) in [5.74, 6) is 1.26. The summed E-state index contributed by atoms with van der Waals surface area (Å²) in [5.41, 5.74) is 8.69. The molecule has 0 atom stereocenters. The Morgan fingerprint density at radius 2 is 2.18 bits per heavy atom. The summed E-state index contributed by atoms with van der Waals surface area (Å²) in [7, 11) is 2.12. The largest absolute Gasteiger partial charge is 0.373 e. The zero-order valence-electron chi connectivity index (χ0n) is 11.0. The smallest absolute Gasteiger partial charge is 0.0367 e. The highest BCUT2D eigenvalue weighted by molar-refractivity contribution is 7.99. The molecule has 1 aromatic rings. The van der Waals surface area contributed by atoms with Gasteiger partial charge in [0.15, 0.2) is 0 Å². The zero-order chi connectivity index (χ0) is 12.5. The number of nitrogens with zero attached hydrogens (tertiary/aromatic N) is 1. The van der Waals surface area contributed by atoms with E-state index in [-0.39, 0.29) is 5.54 Å². The maximum atomic E-state index is 6.07. The molecule has 1 aromatic carbocycles. The standard InChI is InChI=1S/C14H22N2S/c1-14(2,15)10-16(3)12-6-7-13-11(9-12)5-4-8-17-13/h6-7,9H,4-5,8,10,15H2,1-3H3. The van der Waals surface area contributed by atoms with Gasteiger partial charge in [-0.1, -0.05) is 0 Å². The van der Waals surface area contributed by atoms with E-state index in [1.54, 1.807) is 0 Å². The number of hydrogen-bond donors (Lipinski definition) is 1. The van der Waals surface area contributed by atoms with Crippen LogP contribution in [-0.2, 0) is 6.42 Å². The number of rotatable bonds is 3. The summed E-state index contributed by atoms with van der Waals surface area (Å²) in [6.45, 7) is 5.01. The molecule has 1 aliphatic rings. The maximum absolute atomic E-state index is 6.07. The van der Waals surface area contributed by atoms with Gasteiger partial charge in [0.2, 0.25) is 0 Å². The van der Waals surface area contributed by atoms with Crippen LogP contribution in [0.5, 0.6) is 0 Å². The zero-order valence-corrected chi connectivity index (χ0v) is 11.8. The molecule has 0 saturated carbocycles. The molecule has 2 rings (SSSR count). The summed E-state index contributed by atoms with van der Waals surface area (Å²) >= 11 is 1.98. The van der Waals surface area contributed by atoms with Crippen LogP contribution < -0.4 is 10.6 Å². The molecule has 0 fully saturated rings. The molecular weight excluding hydrogens is 228 g/mol. The third-order valence-corrected chi connectivity index (χ3v) is 4.18. The molecule has 2 N–H and O–H groups in total. The maximum Gasteiger partial charge on any atom is 0.0367 e. The van der Waals surface area contributed by atoms with Gasteiger partial charge in [0.05, 0.1) is 0 Å². The van der Waals surface area contributed by atoms with Crippen LogP contribution in [0.3, 0.4) is 0 Å². The Labute approximate surface area is 109 Å². The average molecular weight is 250 g/mol. The van der Waals surface area contributed by atoms with Crippen molar-refractivity contribution in [3.05, 3.63) is 23.8 Å². The molecule has 2 nitrogen and oxygen atoms in total. The van der Waals surface area contributed by atoms with Gasteiger partial charge in [0, 0.05) is 29.7 Å². The van der Waals surface area contributed by atoms with Crippen molar-refractivity contribution >= 4 is 17.4 Å². The highest BCUT2D eigenvalue weighted by atomic mass is 32.2. The van der Waals surface area contributed by atoms with E-state index in [1.807, 2.05) is 11.8 Å². The lowest BCUT2D eigenvalue weighted by Crippen LogP contribution is -2.44. The molecule has 0 unspecified atom stereocenters. The topological polar surface area (TPSA) is 29.3 Å². The second kappa shape index (κ2) is 4.91. The lowest BCUT2D eigenvalue weighted by Gasteiger charge is -2.29. The lowest BCUT2D eigenvalue weighted by atomic mass is 10.1. The Morgan fingerprint density at radius 3 is 2.88 bits per heavy atom. The second-order valence-corrected chi connectivity index (χ2v) is 6.73. The molecule has 0 aromatic heterocycles. The van der Waals surface area contributed by atoms with Crippen molar-refractivity contribution in [2.75, 3.05) is 24.2 Å². The molecular formula is C14H22N2S.